The highest BCUT2D eigenvalue weighted by Gasteiger charge is 2.16. The van der Waals surface area contributed by atoms with Crippen molar-refractivity contribution in [2.24, 2.45) is 0 Å². The predicted molar refractivity (Wildman–Crippen MR) is 73.3 cm³/mol. The molecule has 1 saturated heterocycles. The van der Waals surface area contributed by atoms with Crippen LogP contribution in [0.5, 0.6) is 0 Å². The van der Waals surface area contributed by atoms with Crippen molar-refractivity contribution in [3.63, 3.8) is 0 Å². The number of hydrogen-bond donors (Lipinski definition) is 1. The predicted octanol–water partition coefficient (Wildman–Crippen LogP) is 3.61. The second-order valence-electron chi connectivity index (χ2n) is 4.37. The van der Waals surface area contributed by atoms with Gasteiger partial charge in [0.1, 0.15) is 0 Å². The summed E-state index contributed by atoms with van der Waals surface area (Å²) in [5.41, 5.74) is 1.11. The first-order valence-corrected chi connectivity index (χ1v) is 6.72. The maximum absolute atomic E-state index is 6.06. The van der Waals surface area contributed by atoms with Gasteiger partial charge in [0.15, 0.2) is 0 Å². The SMILES string of the molecule is CN1CCCC(Nc2ccc(Br)c(Cl)c2)C1. The van der Waals surface area contributed by atoms with E-state index in [1.807, 2.05) is 12.1 Å². The van der Waals surface area contributed by atoms with Crippen LogP contribution in [0.2, 0.25) is 5.02 Å². The minimum absolute atomic E-state index is 0.538. The molecule has 2 rings (SSSR count). The summed E-state index contributed by atoms with van der Waals surface area (Å²) in [7, 11) is 2.17. The van der Waals surface area contributed by atoms with Crippen LogP contribution in [0, 0.1) is 0 Å². The Morgan fingerprint density at radius 2 is 2.31 bits per heavy atom. The largest absolute Gasteiger partial charge is 0.381 e. The van der Waals surface area contributed by atoms with Crippen molar-refractivity contribution in [2.75, 3.05) is 25.5 Å². The Kier molecular flexibility index (Phi) is 4.11. The Morgan fingerprint density at radius 3 is 3.00 bits per heavy atom. The minimum atomic E-state index is 0.538. The van der Waals surface area contributed by atoms with Gasteiger partial charge in [-0.2, -0.15) is 0 Å². The molecule has 0 aliphatic carbocycles. The molecule has 0 saturated carbocycles. The average Bonchev–Trinajstić information content (AvgIpc) is 2.24. The van der Waals surface area contributed by atoms with Crippen LogP contribution < -0.4 is 5.32 Å². The third-order valence-corrected chi connectivity index (χ3v) is 4.15. The molecule has 1 atom stereocenters. The number of likely N-dealkylation sites (N-methyl/N-ethyl adjacent to an activating group) is 1. The van der Waals surface area contributed by atoms with Crippen molar-refractivity contribution in [3.05, 3.63) is 27.7 Å². The van der Waals surface area contributed by atoms with Gasteiger partial charge in [-0.1, -0.05) is 11.6 Å². The van der Waals surface area contributed by atoms with Crippen LogP contribution >= 0.6 is 27.5 Å². The van der Waals surface area contributed by atoms with Gasteiger partial charge in [-0.25, -0.2) is 0 Å². The molecule has 0 amide bonds. The van der Waals surface area contributed by atoms with E-state index in [4.69, 9.17) is 11.6 Å². The summed E-state index contributed by atoms with van der Waals surface area (Å²) >= 11 is 9.46. The number of nitrogens with zero attached hydrogens (tertiary/aromatic N) is 1. The van der Waals surface area contributed by atoms with Gasteiger partial charge in [-0.15, -0.1) is 0 Å². The van der Waals surface area contributed by atoms with E-state index in [1.165, 1.54) is 19.4 Å². The monoisotopic (exact) mass is 302 g/mol. The molecule has 2 nitrogen and oxygen atoms in total. The number of benzene rings is 1. The highest BCUT2D eigenvalue weighted by molar-refractivity contribution is 9.10. The first-order chi connectivity index (χ1) is 7.65. The van der Waals surface area contributed by atoms with Crippen molar-refractivity contribution in [2.45, 2.75) is 18.9 Å². The van der Waals surface area contributed by atoms with Crippen molar-refractivity contribution >= 4 is 33.2 Å². The maximum Gasteiger partial charge on any atom is 0.0568 e. The molecule has 4 heteroatoms. The highest BCUT2D eigenvalue weighted by atomic mass is 79.9. The van der Waals surface area contributed by atoms with Crippen LogP contribution in [0.25, 0.3) is 0 Å². The summed E-state index contributed by atoms with van der Waals surface area (Å²) < 4.78 is 0.945. The van der Waals surface area contributed by atoms with Crippen molar-refractivity contribution in [1.82, 2.24) is 4.90 Å². The van der Waals surface area contributed by atoms with Crippen molar-refractivity contribution < 1.29 is 0 Å². The van der Waals surface area contributed by atoms with Gasteiger partial charge < -0.3 is 10.2 Å². The molecule has 1 fully saturated rings. The van der Waals surface area contributed by atoms with Gasteiger partial charge >= 0.3 is 0 Å². The van der Waals surface area contributed by atoms with Gasteiger partial charge in [-0.05, 0) is 60.6 Å². The molecule has 0 bridgehead atoms. The lowest BCUT2D eigenvalue weighted by Gasteiger charge is -2.30. The number of halogens is 2. The zero-order chi connectivity index (χ0) is 11.5. The number of rotatable bonds is 2. The van der Waals surface area contributed by atoms with E-state index < -0.39 is 0 Å². The minimum Gasteiger partial charge on any atom is -0.381 e. The molecular formula is C12H16BrClN2. The van der Waals surface area contributed by atoms with Crippen molar-refractivity contribution in [1.29, 1.82) is 0 Å². The molecule has 1 aliphatic rings. The standard InChI is InChI=1S/C12H16BrClN2/c1-16-6-2-3-10(8-16)15-9-4-5-11(13)12(14)7-9/h4-5,7,10,15H,2-3,6,8H2,1H3. The highest BCUT2D eigenvalue weighted by Crippen LogP contribution is 2.26. The Balaban J connectivity index is 2.00. The molecule has 1 aliphatic heterocycles. The second-order valence-corrected chi connectivity index (χ2v) is 5.64. The van der Waals surface area contributed by atoms with Crippen molar-refractivity contribution in [3.8, 4) is 0 Å². The molecular weight excluding hydrogens is 288 g/mol. The van der Waals surface area contributed by atoms with E-state index in [1.54, 1.807) is 0 Å². The second kappa shape index (κ2) is 5.39. The van der Waals surface area contributed by atoms with E-state index in [-0.39, 0.29) is 0 Å². The normalized spacial score (nSPS) is 22.1. The maximum atomic E-state index is 6.06. The van der Waals surface area contributed by atoms with Gasteiger partial charge in [0.2, 0.25) is 0 Å². The number of anilines is 1. The average molecular weight is 304 g/mol. The van der Waals surface area contributed by atoms with Crippen LogP contribution in [-0.4, -0.2) is 31.1 Å². The van der Waals surface area contributed by atoms with Crippen LogP contribution in [0.4, 0.5) is 5.69 Å². The van der Waals surface area contributed by atoms with Gasteiger partial charge in [0, 0.05) is 22.7 Å². The fraction of sp³-hybridized carbons (Fsp3) is 0.500. The summed E-state index contributed by atoms with van der Waals surface area (Å²) in [6.07, 6.45) is 2.50. The lowest BCUT2D eigenvalue weighted by atomic mass is 10.1. The molecule has 16 heavy (non-hydrogen) atoms. The van der Waals surface area contributed by atoms with Crippen LogP contribution in [0.15, 0.2) is 22.7 Å². The fourth-order valence-corrected chi connectivity index (χ4v) is 2.53. The van der Waals surface area contributed by atoms with E-state index in [9.17, 15) is 0 Å². The zero-order valence-corrected chi connectivity index (χ0v) is 11.7. The van der Waals surface area contributed by atoms with E-state index >= 15 is 0 Å². The molecule has 0 radical (unpaired) electrons. The molecule has 1 aromatic carbocycles. The molecule has 1 heterocycles. The van der Waals surface area contributed by atoms with Gasteiger partial charge in [0.25, 0.3) is 0 Å². The summed E-state index contributed by atoms with van der Waals surface area (Å²) in [6, 6.07) is 6.55. The lowest BCUT2D eigenvalue weighted by Crippen LogP contribution is -2.39. The number of nitrogens with one attached hydrogen (secondary N) is 1. The van der Waals surface area contributed by atoms with E-state index in [2.05, 4.69) is 39.3 Å². The first kappa shape index (κ1) is 12.2. The summed E-state index contributed by atoms with van der Waals surface area (Å²) in [5, 5.41) is 4.29. The summed E-state index contributed by atoms with van der Waals surface area (Å²) in [5.74, 6) is 0. The summed E-state index contributed by atoms with van der Waals surface area (Å²) in [6.45, 7) is 2.31. The first-order valence-electron chi connectivity index (χ1n) is 5.55. The number of hydrogen-bond acceptors (Lipinski definition) is 2. The molecule has 0 aromatic heterocycles. The third kappa shape index (κ3) is 3.12. The van der Waals surface area contributed by atoms with Gasteiger partial charge in [-0.3, -0.25) is 0 Å². The smallest absolute Gasteiger partial charge is 0.0568 e. The van der Waals surface area contributed by atoms with E-state index in [0.29, 0.717) is 6.04 Å². The lowest BCUT2D eigenvalue weighted by molar-refractivity contribution is 0.261. The zero-order valence-electron chi connectivity index (χ0n) is 9.34. The van der Waals surface area contributed by atoms with E-state index in [0.717, 1.165) is 21.7 Å². The Morgan fingerprint density at radius 1 is 1.50 bits per heavy atom. The number of likely N-dealkylation sites (tertiary alicyclic amines) is 1. The quantitative estimate of drug-likeness (QED) is 0.898. The molecule has 1 unspecified atom stereocenters. The molecule has 0 spiro atoms. The number of piperidine rings is 1. The molecule has 1 aromatic rings. The van der Waals surface area contributed by atoms with Gasteiger partial charge in [0.05, 0.1) is 5.02 Å². The van der Waals surface area contributed by atoms with Crippen LogP contribution in [-0.2, 0) is 0 Å². The Bertz CT molecular complexity index is 370. The van der Waals surface area contributed by atoms with Crippen LogP contribution in [0.3, 0.4) is 0 Å². The Labute approximate surface area is 110 Å². The molecule has 88 valence electrons. The fourth-order valence-electron chi connectivity index (χ4n) is 2.11. The summed E-state index contributed by atoms with van der Waals surface area (Å²) in [4.78, 5) is 2.36. The third-order valence-electron chi connectivity index (χ3n) is 2.91. The molecule has 1 N–H and O–H groups in total. The topological polar surface area (TPSA) is 15.3 Å². The Hall–Kier alpha value is -0.250. The van der Waals surface area contributed by atoms with Crippen LogP contribution in [0.1, 0.15) is 12.8 Å².